The summed E-state index contributed by atoms with van der Waals surface area (Å²) >= 11 is 6.40. The monoisotopic (exact) mass is 433 g/mol. The lowest BCUT2D eigenvalue weighted by molar-refractivity contribution is -0.141. The zero-order valence-corrected chi connectivity index (χ0v) is 18.0. The molecule has 0 bridgehead atoms. The number of benzene rings is 3. The van der Waals surface area contributed by atoms with Crippen LogP contribution in [0.15, 0.2) is 72.8 Å². The van der Waals surface area contributed by atoms with Crippen molar-refractivity contribution in [2.24, 2.45) is 0 Å². The maximum Gasteiger partial charge on any atom is 0.326 e. The van der Waals surface area contributed by atoms with Gasteiger partial charge in [-0.05, 0) is 59.7 Å². The van der Waals surface area contributed by atoms with Gasteiger partial charge in [-0.25, -0.2) is 4.79 Å². The molecule has 0 saturated carbocycles. The summed E-state index contributed by atoms with van der Waals surface area (Å²) in [5, 5.41) is 10.3. The topological polar surface area (TPSA) is 57.6 Å². The van der Waals surface area contributed by atoms with Crippen molar-refractivity contribution in [2.75, 3.05) is 0 Å². The Labute approximate surface area is 187 Å². The molecule has 0 radical (unpaired) electrons. The van der Waals surface area contributed by atoms with E-state index in [1.165, 1.54) is 4.90 Å². The van der Waals surface area contributed by atoms with E-state index in [1.54, 1.807) is 12.1 Å². The molecule has 3 aromatic carbocycles. The molecule has 3 aromatic rings. The van der Waals surface area contributed by atoms with Crippen LogP contribution < -0.4 is 0 Å². The van der Waals surface area contributed by atoms with Crippen LogP contribution in [0, 0.1) is 0 Å². The first-order valence-electron chi connectivity index (χ1n) is 10.5. The number of carbonyl (C=O) groups is 2. The van der Waals surface area contributed by atoms with Crippen molar-refractivity contribution >= 4 is 23.5 Å². The molecular formula is C26H24ClNO3. The van der Waals surface area contributed by atoms with Crippen molar-refractivity contribution in [3.63, 3.8) is 0 Å². The van der Waals surface area contributed by atoms with Gasteiger partial charge in [-0.1, -0.05) is 73.1 Å². The van der Waals surface area contributed by atoms with Crippen LogP contribution in [0.2, 0.25) is 5.02 Å². The number of aliphatic carboxylic acids is 1. The summed E-state index contributed by atoms with van der Waals surface area (Å²) in [7, 11) is 0. The van der Waals surface area contributed by atoms with Gasteiger partial charge >= 0.3 is 5.97 Å². The number of aryl methyl sites for hydroxylation is 1. The van der Waals surface area contributed by atoms with Gasteiger partial charge in [-0.15, -0.1) is 0 Å². The first-order chi connectivity index (χ1) is 15.0. The molecule has 0 aliphatic carbocycles. The number of carbonyl (C=O) groups excluding carboxylic acids is 1. The number of carboxylic acid groups (broad SMARTS) is 1. The summed E-state index contributed by atoms with van der Waals surface area (Å²) in [4.78, 5) is 27.0. The SMILES string of the molecule is CCc1cc(C(=O)N2[C@@H](c3ccccc3Cl)CC[C@H]2C(=O)O)ccc1-c1ccccc1. The van der Waals surface area contributed by atoms with Gasteiger partial charge in [0, 0.05) is 10.6 Å². The summed E-state index contributed by atoms with van der Waals surface area (Å²) in [6.45, 7) is 2.05. The van der Waals surface area contributed by atoms with E-state index in [-0.39, 0.29) is 11.9 Å². The van der Waals surface area contributed by atoms with Gasteiger partial charge in [0.15, 0.2) is 0 Å². The van der Waals surface area contributed by atoms with Gasteiger partial charge < -0.3 is 10.0 Å². The largest absolute Gasteiger partial charge is 0.480 e. The van der Waals surface area contributed by atoms with E-state index in [9.17, 15) is 14.7 Å². The fourth-order valence-corrected chi connectivity index (χ4v) is 4.72. The van der Waals surface area contributed by atoms with Gasteiger partial charge in [-0.3, -0.25) is 4.79 Å². The predicted molar refractivity (Wildman–Crippen MR) is 122 cm³/mol. The Kier molecular flexibility index (Phi) is 6.10. The number of hydrogen-bond donors (Lipinski definition) is 1. The van der Waals surface area contributed by atoms with Crippen LogP contribution in [0.3, 0.4) is 0 Å². The predicted octanol–water partition coefficient (Wildman–Crippen LogP) is 6.00. The quantitative estimate of drug-likeness (QED) is 0.536. The van der Waals surface area contributed by atoms with Gasteiger partial charge in [0.1, 0.15) is 6.04 Å². The number of nitrogens with zero attached hydrogens (tertiary/aromatic N) is 1. The van der Waals surface area contributed by atoms with Crippen LogP contribution in [0.4, 0.5) is 0 Å². The third-order valence-electron chi connectivity index (χ3n) is 5.99. The molecule has 2 atom stereocenters. The fourth-order valence-electron chi connectivity index (χ4n) is 4.46. The minimum absolute atomic E-state index is 0.274. The zero-order valence-electron chi connectivity index (χ0n) is 17.3. The minimum Gasteiger partial charge on any atom is -0.480 e. The van der Waals surface area contributed by atoms with Crippen LogP contribution in [-0.2, 0) is 11.2 Å². The zero-order chi connectivity index (χ0) is 22.0. The van der Waals surface area contributed by atoms with E-state index in [2.05, 4.69) is 6.92 Å². The van der Waals surface area contributed by atoms with E-state index in [0.29, 0.717) is 23.4 Å². The molecule has 4 rings (SSSR count). The number of hydrogen-bond acceptors (Lipinski definition) is 2. The van der Waals surface area contributed by atoms with Gasteiger partial charge in [0.25, 0.3) is 5.91 Å². The van der Waals surface area contributed by atoms with Crippen molar-refractivity contribution in [2.45, 2.75) is 38.3 Å². The number of amides is 1. The third-order valence-corrected chi connectivity index (χ3v) is 6.33. The Morgan fingerprint density at radius 1 is 1.00 bits per heavy atom. The Morgan fingerprint density at radius 3 is 2.39 bits per heavy atom. The number of likely N-dealkylation sites (tertiary alicyclic amines) is 1. The molecular weight excluding hydrogens is 410 g/mol. The highest BCUT2D eigenvalue weighted by molar-refractivity contribution is 6.31. The molecule has 1 saturated heterocycles. The molecule has 1 aliphatic rings. The average Bonchev–Trinajstić information content (AvgIpc) is 3.24. The number of rotatable bonds is 5. The molecule has 1 aliphatic heterocycles. The second-order valence-electron chi connectivity index (χ2n) is 7.77. The maximum absolute atomic E-state index is 13.6. The molecule has 31 heavy (non-hydrogen) atoms. The Balaban J connectivity index is 1.73. The third kappa shape index (κ3) is 4.08. The lowest BCUT2D eigenvalue weighted by Crippen LogP contribution is -2.42. The van der Waals surface area contributed by atoms with Crippen molar-refractivity contribution < 1.29 is 14.7 Å². The number of halogens is 1. The first kappa shape index (κ1) is 21.1. The van der Waals surface area contributed by atoms with Crippen molar-refractivity contribution in [3.05, 3.63) is 94.5 Å². The highest BCUT2D eigenvalue weighted by Crippen LogP contribution is 2.40. The normalized spacial score (nSPS) is 18.2. The lowest BCUT2D eigenvalue weighted by Gasteiger charge is -2.29. The highest BCUT2D eigenvalue weighted by atomic mass is 35.5. The average molecular weight is 434 g/mol. The summed E-state index contributed by atoms with van der Waals surface area (Å²) in [5.41, 5.74) is 4.52. The molecule has 0 spiro atoms. The molecule has 1 N–H and O–H groups in total. The van der Waals surface area contributed by atoms with Gasteiger partial charge in [0.2, 0.25) is 0 Å². The molecule has 4 nitrogen and oxygen atoms in total. The molecule has 5 heteroatoms. The fraction of sp³-hybridized carbons (Fsp3) is 0.231. The minimum atomic E-state index is -0.987. The first-order valence-corrected chi connectivity index (χ1v) is 10.9. The lowest BCUT2D eigenvalue weighted by atomic mass is 9.95. The summed E-state index contributed by atoms with van der Waals surface area (Å²) in [6, 6.07) is 21.8. The Bertz CT molecular complexity index is 1110. The molecule has 0 unspecified atom stereocenters. The summed E-state index contributed by atoms with van der Waals surface area (Å²) < 4.78 is 0. The standard InChI is InChI=1S/C26H24ClNO3/c1-2-17-16-19(12-13-20(17)18-8-4-3-5-9-18)25(29)28-23(14-15-24(28)26(30)31)21-10-6-7-11-22(21)27/h3-13,16,23-24H,2,14-15H2,1H3,(H,30,31)/t23-,24+/m1/s1. The van der Waals surface area contributed by atoms with Crippen molar-refractivity contribution in [1.82, 2.24) is 4.90 Å². The highest BCUT2D eigenvalue weighted by Gasteiger charge is 2.42. The summed E-state index contributed by atoms with van der Waals surface area (Å²) in [6.07, 6.45) is 1.73. The Hall–Kier alpha value is -3.11. The van der Waals surface area contributed by atoms with E-state index in [1.807, 2.05) is 60.7 Å². The molecule has 1 fully saturated rings. The van der Waals surface area contributed by atoms with Crippen molar-refractivity contribution in [3.8, 4) is 11.1 Å². The van der Waals surface area contributed by atoms with Crippen LogP contribution in [0.5, 0.6) is 0 Å². The molecule has 158 valence electrons. The van der Waals surface area contributed by atoms with Crippen LogP contribution in [0.25, 0.3) is 11.1 Å². The van der Waals surface area contributed by atoms with Gasteiger partial charge in [-0.2, -0.15) is 0 Å². The number of carboxylic acids is 1. The van der Waals surface area contributed by atoms with Crippen LogP contribution in [0.1, 0.15) is 47.3 Å². The maximum atomic E-state index is 13.6. The van der Waals surface area contributed by atoms with E-state index in [0.717, 1.165) is 28.7 Å². The van der Waals surface area contributed by atoms with E-state index >= 15 is 0 Å². The van der Waals surface area contributed by atoms with Gasteiger partial charge in [0.05, 0.1) is 6.04 Å². The van der Waals surface area contributed by atoms with Crippen LogP contribution in [-0.4, -0.2) is 27.9 Å². The smallest absolute Gasteiger partial charge is 0.326 e. The second-order valence-corrected chi connectivity index (χ2v) is 8.18. The Morgan fingerprint density at radius 2 is 1.71 bits per heavy atom. The summed E-state index contributed by atoms with van der Waals surface area (Å²) in [5.74, 6) is -1.26. The van der Waals surface area contributed by atoms with E-state index < -0.39 is 12.0 Å². The van der Waals surface area contributed by atoms with E-state index in [4.69, 9.17) is 11.6 Å². The molecule has 0 aromatic heterocycles. The van der Waals surface area contributed by atoms with Crippen LogP contribution >= 0.6 is 11.6 Å². The van der Waals surface area contributed by atoms with Crippen molar-refractivity contribution in [1.29, 1.82) is 0 Å². The molecule has 1 amide bonds. The second kappa shape index (κ2) is 8.94. The molecule has 1 heterocycles.